The van der Waals surface area contributed by atoms with Gasteiger partial charge in [0.15, 0.2) is 0 Å². The molecule has 92 valence electrons. The first-order valence-electron chi connectivity index (χ1n) is 6.43. The first-order valence-corrected chi connectivity index (χ1v) is 6.43. The number of anilines is 1. The first kappa shape index (κ1) is 11.1. The molecule has 2 N–H and O–H groups in total. The standard InChI is InChI=1S/C14H20N2O/c1-17-8-7-16-6-5-10-9-12(15)11-3-2-4-13(16)14(10)11/h2-4,10,12H,5-9,15H2,1H3. The van der Waals surface area contributed by atoms with Crippen molar-refractivity contribution in [2.45, 2.75) is 24.8 Å². The van der Waals surface area contributed by atoms with Gasteiger partial charge in [-0.25, -0.2) is 0 Å². The van der Waals surface area contributed by atoms with Crippen LogP contribution >= 0.6 is 0 Å². The lowest BCUT2D eigenvalue weighted by Gasteiger charge is -2.34. The summed E-state index contributed by atoms with van der Waals surface area (Å²) in [6.07, 6.45) is 2.37. The third kappa shape index (κ3) is 1.74. The second-order valence-electron chi connectivity index (χ2n) is 5.09. The van der Waals surface area contributed by atoms with Crippen LogP contribution in [-0.2, 0) is 4.74 Å². The van der Waals surface area contributed by atoms with Gasteiger partial charge < -0.3 is 15.4 Å². The average molecular weight is 232 g/mol. The van der Waals surface area contributed by atoms with Crippen LogP contribution in [0.25, 0.3) is 0 Å². The maximum absolute atomic E-state index is 6.21. The number of nitrogens with zero attached hydrogens (tertiary/aromatic N) is 1. The molecular weight excluding hydrogens is 212 g/mol. The van der Waals surface area contributed by atoms with Crippen LogP contribution in [0.4, 0.5) is 5.69 Å². The first-order chi connectivity index (χ1) is 8.31. The van der Waals surface area contributed by atoms with Gasteiger partial charge in [-0.3, -0.25) is 0 Å². The minimum atomic E-state index is 0.248. The number of nitrogens with two attached hydrogens (primary N) is 1. The van der Waals surface area contributed by atoms with Crippen molar-refractivity contribution < 1.29 is 4.74 Å². The van der Waals surface area contributed by atoms with Crippen LogP contribution in [0, 0.1) is 0 Å². The van der Waals surface area contributed by atoms with Gasteiger partial charge in [-0.05, 0) is 36.0 Å². The van der Waals surface area contributed by atoms with E-state index >= 15 is 0 Å². The molecule has 2 unspecified atom stereocenters. The molecule has 1 aliphatic heterocycles. The van der Waals surface area contributed by atoms with E-state index in [2.05, 4.69) is 23.1 Å². The molecule has 2 atom stereocenters. The van der Waals surface area contributed by atoms with Crippen molar-refractivity contribution in [2.75, 3.05) is 31.7 Å². The van der Waals surface area contributed by atoms with Crippen LogP contribution in [0.1, 0.15) is 35.9 Å². The summed E-state index contributed by atoms with van der Waals surface area (Å²) in [5, 5.41) is 0. The molecule has 0 saturated carbocycles. The van der Waals surface area contributed by atoms with Gasteiger partial charge in [-0.2, -0.15) is 0 Å². The predicted octanol–water partition coefficient (Wildman–Crippen LogP) is 2.03. The van der Waals surface area contributed by atoms with E-state index in [0.717, 1.165) is 26.1 Å². The Hall–Kier alpha value is -1.06. The van der Waals surface area contributed by atoms with E-state index in [1.807, 2.05) is 0 Å². The number of hydrogen-bond acceptors (Lipinski definition) is 3. The molecule has 0 amide bonds. The Balaban J connectivity index is 1.96. The topological polar surface area (TPSA) is 38.5 Å². The van der Waals surface area contributed by atoms with Crippen molar-refractivity contribution in [3.63, 3.8) is 0 Å². The SMILES string of the molecule is COCCN1CCC2CC(N)c3cccc1c32. The molecule has 3 rings (SSSR count). The van der Waals surface area contributed by atoms with Gasteiger partial charge in [0.25, 0.3) is 0 Å². The van der Waals surface area contributed by atoms with Crippen molar-refractivity contribution in [1.82, 2.24) is 0 Å². The fraction of sp³-hybridized carbons (Fsp3) is 0.571. The summed E-state index contributed by atoms with van der Waals surface area (Å²) in [5.41, 5.74) is 10.5. The lowest BCUT2D eigenvalue weighted by Crippen LogP contribution is -2.33. The smallest absolute Gasteiger partial charge is 0.0637 e. The Morgan fingerprint density at radius 3 is 3.18 bits per heavy atom. The van der Waals surface area contributed by atoms with E-state index in [4.69, 9.17) is 10.5 Å². The zero-order chi connectivity index (χ0) is 11.8. The largest absolute Gasteiger partial charge is 0.383 e. The van der Waals surface area contributed by atoms with Crippen LogP contribution in [0.5, 0.6) is 0 Å². The predicted molar refractivity (Wildman–Crippen MR) is 69.4 cm³/mol. The minimum absolute atomic E-state index is 0.248. The van der Waals surface area contributed by atoms with E-state index in [-0.39, 0.29) is 6.04 Å². The van der Waals surface area contributed by atoms with Crippen LogP contribution in [0.3, 0.4) is 0 Å². The van der Waals surface area contributed by atoms with Crippen molar-refractivity contribution in [3.8, 4) is 0 Å². The minimum Gasteiger partial charge on any atom is -0.383 e. The van der Waals surface area contributed by atoms with E-state index in [1.54, 1.807) is 7.11 Å². The lowest BCUT2D eigenvalue weighted by atomic mass is 9.91. The van der Waals surface area contributed by atoms with Crippen LogP contribution in [0.2, 0.25) is 0 Å². The fourth-order valence-corrected chi connectivity index (χ4v) is 3.29. The highest BCUT2D eigenvalue weighted by atomic mass is 16.5. The fourth-order valence-electron chi connectivity index (χ4n) is 3.29. The Morgan fingerprint density at radius 2 is 2.35 bits per heavy atom. The van der Waals surface area contributed by atoms with E-state index in [1.165, 1.54) is 23.2 Å². The molecule has 1 heterocycles. The number of hydrogen-bond donors (Lipinski definition) is 1. The van der Waals surface area contributed by atoms with E-state index < -0.39 is 0 Å². The van der Waals surface area contributed by atoms with Crippen LogP contribution < -0.4 is 10.6 Å². The molecule has 0 bridgehead atoms. The van der Waals surface area contributed by atoms with Crippen molar-refractivity contribution >= 4 is 5.69 Å². The second-order valence-corrected chi connectivity index (χ2v) is 5.09. The number of benzene rings is 1. The normalized spacial score (nSPS) is 26.1. The molecule has 0 aromatic heterocycles. The molecule has 2 aliphatic rings. The summed E-state index contributed by atoms with van der Waals surface area (Å²) in [6, 6.07) is 6.82. The summed E-state index contributed by atoms with van der Waals surface area (Å²) in [4.78, 5) is 2.44. The van der Waals surface area contributed by atoms with Gasteiger partial charge in [0.2, 0.25) is 0 Å². The highest BCUT2D eigenvalue weighted by Gasteiger charge is 2.34. The molecule has 1 aromatic carbocycles. The van der Waals surface area contributed by atoms with E-state index in [0.29, 0.717) is 5.92 Å². The Kier molecular flexibility index (Phi) is 2.81. The summed E-state index contributed by atoms with van der Waals surface area (Å²) < 4.78 is 5.19. The summed E-state index contributed by atoms with van der Waals surface area (Å²) in [7, 11) is 1.76. The molecule has 0 radical (unpaired) electrons. The molecule has 0 saturated heterocycles. The maximum Gasteiger partial charge on any atom is 0.0637 e. The molecule has 0 spiro atoms. The molecule has 3 nitrogen and oxygen atoms in total. The Labute approximate surface area is 103 Å². The van der Waals surface area contributed by atoms with E-state index in [9.17, 15) is 0 Å². The number of methoxy groups -OCH3 is 1. The highest BCUT2D eigenvalue weighted by Crippen LogP contribution is 2.48. The molecule has 1 aromatic rings. The van der Waals surface area contributed by atoms with Gasteiger partial charge in [0, 0.05) is 31.9 Å². The lowest BCUT2D eigenvalue weighted by molar-refractivity contribution is 0.204. The Bertz CT molecular complexity index is 419. The molecule has 0 fully saturated rings. The highest BCUT2D eigenvalue weighted by molar-refractivity contribution is 5.62. The van der Waals surface area contributed by atoms with Gasteiger partial charge in [-0.15, -0.1) is 0 Å². The summed E-state index contributed by atoms with van der Waals surface area (Å²) >= 11 is 0. The Morgan fingerprint density at radius 1 is 1.47 bits per heavy atom. The third-order valence-electron chi connectivity index (χ3n) is 4.12. The van der Waals surface area contributed by atoms with Gasteiger partial charge in [0.05, 0.1) is 6.61 Å². The number of ether oxygens (including phenoxy) is 1. The van der Waals surface area contributed by atoms with Crippen LogP contribution in [-0.4, -0.2) is 26.8 Å². The molecule has 3 heteroatoms. The van der Waals surface area contributed by atoms with Crippen molar-refractivity contribution in [1.29, 1.82) is 0 Å². The van der Waals surface area contributed by atoms with Crippen molar-refractivity contribution in [3.05, 3.63) is 29.3 Å². The molecule has 1 aliphatic carbocycles. The quantitative estimate of drug-likeness (QED) is 0.866. The zero-order valence-corrected chi connectivity index (χ0v) is 10.4. The van der Waals surface area contributed by atoms with Gasteiger partial charge >= 0.3 is 0 Å². The summed E-state index contributed by atoms with van der Waals surface area (Å²) in [6.45, 7) is 2.91. The maximum atomic E-state index is 6.21. The number of rotatable bonds is 3. The summed E-state index contributed by atoms with van der Waals surface area (Å²) in [5.74, 6) is 0.690. The van der Waals surface area contributed by atoms with Gasteiger partial charge in [-0.1, -0.05) is 12.1 Å². The molecule has 17 heavy (non-hydrogen) atoms. The monoisotopic (exact) mass is 232 g/mol. The third-order valence-corrected chi connectivity index (χ3v) is 4.12. The molecular formula is C14H20N2O. The van der Waals surface area contributed by atoms with Gasteiger partial charge in [0.1, 0.15) is 0 Å². The average Bonchev–Trinajstić information content (AvgIpc) is 2.68. The second kappa shape index (κ2) is 4.31. The zero-order valence-electron chi connectivity index (χ0n) is 10.4. The van der Waals surface area contributed by atoms with Crippen LogP contribution in [0.15, 0.2) is 18.2 Å². The van der Waals surface area contributed by atoms with Crippen molar-refractivity contribution in [2.24, 2.45) is 5.73 Å².